The van der Waals surface area contributed by atoms with E-state index in [0.29, 0.717) is 18.2 Å². The Bertz CT molecular complexity index is 352. The Balaban J connectivity index is 2.07. The molecule has 17 heavy (non-hydrogen) atoms. The molecule has 0 amide bonds. The summed E-state index contributed by atoms with van der Waals surface area (Å²) in [6, 6.07) is 4.57. The van der Waals surface area contributed by atoms with Gasteiger partial charge in [0, 0.05) is 11.3 Å². The predicted molar refractivity (Wildman–Crippen MR) is 72.3 cm³/mol. The van der Waals surface area contributed by atoms with Crippen molar-refractivity contribution in [1.29, 1.82) is 0 Å². The fourth-order valence-electron chi connectivity index (χ4n) is 2.50. The standard InChI is InChI=1S/C14H21NOS/c1-11-5-7-15(8-6-11)13(10-12(2)16)14-4-3-9-17-14/h3-4,9,11,13H,5-8,10H2,1-2H3. The minimum atomic E-state index is 0.294. The number of hydrogen-bond donors (Lipinski definition) is 0. The van der Waals surface area contributed by atoms with Gasteiger partial charge in [0.15, 0.2) is 0 Å². The molecule has 0 saturated carbocycles. The molecule has 3 heteroatoms. The first-order valence-electron chi connectivity index (χ1n) is 6.43. The average molecular weight is 251 g/mol. The van der Waals surface area contributed by atoms with Crippen LogP contribution in [-0.2, 0) is 4.79 Å². The summed E-state index contributed by atoms with van der Waals surface area (Å²) in [7, 11) is 0. The fourth-order valence-corrected chi connectivity index (χ4v) is 3.36. The number of likely N-dealkylation sites (tertiary alicyclic amines) is 1. The van der Waals surface area contributed by atoms with Crippen LogP contribution in [0.3, 0.4) is 0 Å². The largest absolute Gasteiger partial charge is 0.300 e. The lowest BCUT2D eigenvalue weighted by Crippen LogP contribution is -2.36. The summed E-state index contributed by atoms with van der Waals surface area (Å²) in [5.41, 5.74) is 0. The first-order chi connectivity index (χ1) is 8.16. The van der Waals surface area contributed by atoms with Gasteiger partial charge in [-0.2, -0.15) is 0 Å². The van der Waals surface area contributed by atoms with Gasteiger partial charge in [0.05, 0.1) is 6.04 Å². The van der Waals surface area contributed by atoms with Crippen molar-refractivity contribution in [2.75, 3.05) is 13.1 Å². The predicted octanol–water partition coefficient (Wildman–Crippen LogP) is 3.50. The number of carbonyl (C=O) groups excluding carboxylic acids is 1. The van der Waals surface area contributed by atoms with Crippen LogP contribution in [0.2, 0.25) is 0 Å². The highest BCUT2D eigenvalue weighted by Gasteiger charge is 2.26. The van der Waals surface area contributed by atoms with Crippen molar-refractivity contribution < 1.29 is 4.79 Å². The molecule has 0 radical (unpaired) electrons. The van der Waals surface area contributed by atoms with Gasteiger partial charge in [0.1, 0.15) is 5.78 Å². The Kier molecular flexibility index (Phi) is 4.35. The number of ketones is 1. The highest BCUT2D eigenvalue weighted by molar-refractivity contribution is 7.10. The minimum Gasteiger partial charge on any atom is -0.300 e. The number of carbonyl (C=O) groups is 1. The molecule has 0 spiro atoms. The van der Waals surface area contributed by atoms with Crippen molar-refractivity contribution in [3.63, 3.8) is 0 Å². The summed E-state index contributed by atoms with van der Waals surface area (Å²) in [5, 5.41) is 2.11. The van der Waals surface area contributed by atoms with Crippen LogP contribution >= 0.6 is 11.3 Å². The van der Waals surface area contributed by atoms with E-state index < -0.39 is 0 Å². The second-order valence-electron chi connectivity index (χ2n) is 5.16. The number of thiophene rings is 1. The average Bonchev–Trinajstić information content (AvgIpc) is 2.80. The highest BCUT2D eigenvalue weighted by Crippen LogP contribution is 2.31. The zero-order valence-corrected chi connectivity index (χ0v) is 11.5. The molecular formula is C14H21NOS. The third-order valence-corrected chi connectivity index (χ3v) is 4.58. The van der Waals surface area contributed by atoms with Crippen molar-refractivity contribution in [3.8, 4) is 0 Å². The molecule has 1 aromatic rings. The third-order valence-electron chi connectivity index (χ3n) is 3.61. The minimum absolute atomic E-state index is 0.294. The molecule has 1 aromatic heterocycles. The maximum atomic E-state index is 11.4. The summed E-state index contributed by atoms with van der Waals surface area (Å²) in [6.07, 6.45) is 3.19. The van der Waals surface area contributed by atoms with Crippen LogP contribution in [0.5, 0.6) is 0 Å². The molecular weight excluding hydrogens is 230 g/mol. The number of piperidine rings is 1. The molecule has 0 bridgehead atoms. The van der Waals surface area contributed by atoms with Crippen molar-refractivity contribution in [2.24, 2.45) is 5.92 Å². The SMILES string of the molecule is CC(=O)CC(c1cccs1)N1CCC(C)CC1. The van der Waals surface area contributed by atoms with Crippen molar-refractivity contribution in [2.45, 2.75) is 39.2 Å². The number of Topliss-reactive ketones (excluding diaryl/α,β-unsaturated/α-hetero) is 1. The third kappa shape index (κ3) is 3.39. The quantitative estimate of drug-likeness (QED) is 0.816. The van der Waals surface area contributed by atoms with Crippen LogP contribution in [0, 0.1) is 5.92 Å². The molecule has 0 N–H and O–H groups in total. The Hall–Kier alpha value is -0.670. The Morgan fingerprint density at radius 3 is 2.76 bits per heavy atom. The van der Waals surface area contributed by atoms with Gasteiger partial charge >= 0.3 is 0 Å². The smallest absolute Gasteiger partial charge is 0.131 e. The van der Waals surface area contributed by atoms with Crippen LogP contribution < -0.4 is 0 Å². The normalized spacial score (nSPS) is 20.4. The van der Waals surface area contributed by atoms with Gasteiger partial charge in [-0.3, -0.25) is 9.69 Å². The maximum absolute atomic E-state index is 11.4. The van der Waals surface area contributed by atoms with Gasteiger partial charge in [-0.25, -0.2) is 0 Å². The molecule has 2 nitrogen and oxygen atoms in total. The Morgan fingerprint density at radius 2 is 2.24 bits per heavy atom. The van der Waals surface area contributed by atoms with Gasteiger partial charge in [-0.05, 0) is 50.2 Å². The van der Waals surface area contributed by atoms with Gasteiger partial charge in [-0.1, -0.05) is 13.0 Å². The maximum Gasteiger partial charge on any atom is 0.131 e. The molecule has 1 saturated heterocycles. The molecule has 1 unspecified atom stereocenters. The summed E-state index contributed by atoms with van der Waals surface area (Å²) < 4.78 is 0. The van der Waals surface area contributed by atoms with Crippen molar-refractivity contribution >= 4 is 17.1 Å². The zero-order chi connectivity index (χ0) is 12.3. The molecule has 2 heterocycles. The van der Waals surface area contributed by atoms with Crippen LogP contribution in [0.15, 0.2) is 17.5 Å². The van der Waals surface area contributed by atoms with E-state index in [9.17, 15) is 4.79 Å². The van der Waals surface area contributed by atoms with E-state index >= 15 is 0 Å². The molecule has 0 aromatic carbocycles. The van der Waals surface area contributed by atoms with E-state index in [0.717, 1.165) is 19.0 Å². The Morgan fingerprint density at radius 1 is 1.53 bits per heavy atom. The lowest BCUT2D eigenvalue weighted by atomic mass is 9.96. The van der Waals surface area contributed by atoms with E-state index in [4.69, 9.17) is 0 Å². The first-order valence-corrected chi connectivity index (χ1v) is 7.31. The monoisotopic (exact) mass is 251 g/mol. The molecule has 1 aliphatic heterocycles. The molecule has 1 fully saturated rings. The topological polar surface area (TPSA) is 20.3 Å². The first kappa shape index (κ1) is 12.8. The molecule has 94 valence electrons. The van der Waals surface area contributed by atoms with E-state index in [-0.39, 0.29) is 0 Å². The van der Waals surface area contributed by atoms with Gasteiger partial charge in [-0.15, -0.1) is 11.3 Å². The second-order valence-corrected chi connectivity index (χ2v) is 6.14. The van der Waals surface area contributed by atoms with Gasteiger partial charge < -0.3 is 0 Å². The summed E-state index contributed by atoms with van der Waals surface area (Å²) >= 11 is 1.77. The molecule has 1 atom stereocenters. The van der Waals surface area contributed by atoms with Crippen LogP contribution in [0.1, 0.15) is 44.0 Å². The Labute approximate surface area is 108 Å². The molecule has 1 aliphatic rings. The van der Waals surface area contributed by atoms with Gasteiger partial charge in [0.2, 0.25) is 0 Å². The molecule has 0 aliphatic carbocycles. The number of rotatable bonds is 4. The van der Waals surface area contributed by atoms with Gasteiger partial charge in [0.25, 0.3) is 0 Å². The molecule has 2 rings (SSSR count). The van der Waals surface area contributed by atoms with E-state index in [2.05, 4.69) is 29.3 Å². The van der Waals surface area contributed by atoms with E-state index in [1.165, 1.54) is 17.7 Å². The number of nitrogens with zero attached hydrogens (tertiary/aromatic N) is 1. The van der Waals surface area contributed by atoms with Crippen LogP contribution in [0.4, 0.5) is 0 Å². The fraction of sp³-hybridized carbons (Fsp3) is 0.643. The van der Waals surface area contributed by atoms with Crippen molar-refractivity contribution in [1.82, 2.24) is 4.90 Å². The zero-order valence-electron chi connectivity index (χ0n) is 10.7. The van der Waals surface area contributed by atoms with E-state index in [1.54, 1.807) is 18.3 Å². The summed E-state index contributed by atoms with van der Waals surface area (Å²) in [6.45, 7) is 6.30. The van der Waals surface area contributed by atoms with Crippen LogP contribution in [-0.4, -0.2) is 23.8 Å². The lowest BCUT2D eigenvalue weighted by molar-refractivity contribution is -0.118. The summed E-state index contributed by atoms with van der Waals surface area (Å²) in [4.78, 5) is 15.3. The van der Waals surface area contributed by atoms with E-state index in [1.807, 2.05) is 0 Å². The second kappa shape index (κ2) is 5.78. The van der Waals surface area contributed by atoms with Crippen molar-refractivity contribution in [3.05, 3.63) is 22.4 Å². The highest BCUT2D eigenvalue weighted by atomic mass is 32.1. The lowest BCUT2D eigenvalue weighted by Gasteiger charge is -2.36. The van der Waals surface area contributed by atoms with Crippen LogP contribution in [0.25, 0.3) is 0 Å². The number of hydrogen-bond acceptors (Lipinski definition) is 3. The summed E-state index contributed by atoms with van der Waals surface area (Å²) in [5.74, 6) is 1.13.